The number of hydrogen-bond donors (Lipinski definition) is 1. The number of aliphatic hydroxyl groups is 1. The van der Waals surface area contributed by atoms with Crippen molar-refractivity contribution < 1.29 is 9.90 Å². The van der Waals surface area contributed by atoms with E-state index >= 15 is 0 Å². The van der Waals surface area contributed by atoms with Gasteiger partial charge in [-0.1, -0.05) is 12.8 Å². The van der Waals surface area contributed by atoms with E-state index in [1.54, 1.807) is 6.20 Å². The molecule has 0 radical (unpaired) electrons. The number of carbonyl (C=O) groups is 1. The monoisotopic (exact) mass is 303 g/mol. The van der Waals surface area contributed by atoms with Gasteiger partial charge in [-0.15, -0.1) is 0 Å². The second-order valence-electron chi connectivity index (χ2n) is 6.51. The average Bonchev–Trinajstić information content (AvgIpc) is 3.03. The summed E-state index contributed by atoms with van der Waals surface area (Å²) in [6.45, 7) is 0.844. The van der Waals surface area contributed by atoms with Crippen molar-refractivity contribution in [2.24, 2.45) is 5.92 Å². The molecule has 2 heterocycles. The zero-order valence-electron chi connectivity index (χ0n) is 13.0. The van der Waals surface area contributed by atoms with E-state index in [-0.39, 0.29) is 24.0 Å². The second kappa shape index (κ2) is 7.18. The number of aryl methyl sites for hydroxylation is 1. The zero-order valence-corrected chi connectivity index (χ0v) is 13.0. The fourth-order valence-electron chi connectivity index (χ4n) is 3.98. The summed E-state index contributed by atoms with van der Waals surface area (Å²) in [6, 6.07) is 2.10. The molecule has 1 saturated heterocycles. The Bertz CT molecular complexity index is 494. The first-order valence-electron chi connectivity index (χ1n) is 8.48. The van der Waals surface area contributed by atoms with E-state index in [4.69, 9.17) is 0 Å². The highest BCUT2D eigenvalue weighted by atomic mass is 16.3. The molecule has 1 N–H and O–H groups in total. The SMILES string of the molecule is O=C(CCc1ccncn1)N1CCCC1C1CCCCC1O. The van der Waals surface area contributed by atoms with Crippen LogP contribution in [0.3, 0.4) is 0 Å². The lowest BCUT2D eigenvalue weighted by Crippen LogP contribution is -2.45. The standard InChI is InChI=1S/C17H25N3O2/c21-16-6-2-1-4-14(16)15-5-3-11-20(15)17(22)8-7-13-9-10-18-12-19-13/h9-10,12,14-16,21H,1-8,11H2. The third-order valence-electron chi connectivity index (χ3n) is 5.13. The Labute approximate surface area is 131 Å². The quantitative estimate of drug-likeness (QED) is 0.923. The molecule has 1 aromatic heterocycles. The molecule has 0 bridgehead atoms. The molecule has 5 heteroatoms. The van der Waals surface area contributed by atoms with E-state index < -0.39 is 0 Å². The van der Waals surface area contributed by atoms with Gasteiger partial charge in [-0.25, -0.2) is 9.97 Å². The molecular formula is C17H25N3O2. The molecule has 2 fully saturated rings. The van der Waals surface area contributed by atoms with E-state index in [2.05, 4.69) is 9.97 Å². The van der Waals surface area contributed by atoms with Crippen LogP contribution in [0.15, 0.2) is 18.6 Å². The molecule has 120 valence electrons. The first kappa shape index (κ1) is 15.4. The summed E-state index contributed by atoms with van der Waals surface area (Å²) >= 11 is 0. The third-order valence-corrected chi connectivity index (χ3v) is 5.13. The van der Waals surface area contributed by atoms with Crippen LogP contribution in [0.2, 0.25) is 0 Å². The van der Waals surface area contributed by atoms with Crippen molar-refractivity contribution in [3.05, 3.63) is 24.3 Å². The minimum absolute atomic E-state index is 0.207. The number of likely N-dealkylation sites (tertiary alicyclic amines) is 1. The van der Waals surface area contributed by atoms with Gasteiger partial charge in [0.2, 0.25) is 5.91 Å². The summed E-state index contributed by atoms with van der Waals surface area (Å²) in [5, 5.41) is 10.3. The van der Waals surface area contributed by atoms with E-state index in [1.807, 2.05) is 11.0 Å². The van der Waals surface area contributed by atoms with Gasteiger partial charge >= 0.3 is 0 Å². The lowest BCUT2D eigenvalue weighted by Gasteiger charge is -2.37. The number of hydrogen-bond acceptors (Lipinski definition) is 4. The van der Waals surface area contributed by atoms with Crippen LogP contribution < -0.4 is 0 Å². The molecule has 1 amide bonds. The van der Waals surface area contributed by atoms with Gasteiger partial charge in [0.15, 0.2) is 0 Å². The highest BCUT2D eigenvalue weighted by molar-refractivity contribution is 5.77. The molecule has 1 aromatic rings. The maximum atomic E-state index is 12.6. The summed E-state index contributed by atoms with van der Waals surface area (Å²) in [6.07, 6.45) is 10.5. The molecule has 1 aliphatic heterocycles. The summed E-state index contributed by atoms with van der Waals surface area (Å²) < 4.78 is 0. The lowest BCUT2D eigenvalue weighted by atomic mass is 9.80. The van der Waals surface area contributed by atoms with Crippen molar-refractivity contribution in [1.82, 2.24) is 14.9 Å². The van der Waals surface area contributed by atoms with E-state index in [1.165, 1.54) is 12.7 Å². The number of nitrogens with zero attached hydrogens (tertiary/aromatic N) is 3. The molecule has 0 aromatic carbocycles. The predicted octanol–water partition coefficient (Wildman–Crippen LogP) is 1.95. The second-order valence-corrected chi connectivity index (χ2v) is 6.51. The Kier molecular flexibility index (Phi) is 5.03. The smallest absolute Gasteiger partial charge is 0.223 e. The maximum absolute atomic E-state index is 12.6. The molecule has 0 spiro atoms. The van der Waals surface area contributed by atoms with Crippen LogP contribution in [-0.2, 0) is 11.2 Å². The summed E-state index contributed by atoms with van der Waals surface area (Å²) in [7, 11) is 0. The zero-order chi connectivity index (χ0) is 15.4. The van der Waals surface area contributed by atoms with Crippen LogP contribution in [0.5, 0.6) is 0 Å². The van der Waals surface area contributed by atoms with Crippen LogP contribution in [0.1, 0.15) is 50.6 Å². The van der Waals surface area contributed by atoms with Crippen molar-refractivity contribution in [1.29, 1.82) is 0 Å². The van der Waals surface area contributed by atoms with Crippen molar-refractivity contribution in [3.8, 4) is 0 Å². The van der Waals surface area contributed by atoms with Gasteiger partial charge < -0.3 is 10.0 Å². The fraction of sp³-hybridized carbons (Fsp3) is 0.706. The van der Waals surface area contributed by atoms with Gasteiger partial charge in [-0.05, 0) is 38.2 Å². The summed E-state index contributed by atoms with van der Waals surface area (Å²) in [4.78, 5) is 22.7. The Balaban J connectivity index is 1.58. The molecule has 3 rings (SSSR count). The van der Waals surface area contributed by atoms with Crippen LogP contribution in [0, 0.1) is 5.92 Å². The minimum atomic E-state index is -0.228. The first-order valence-corrected chi connectivity index (χ1v) is 8.48. The third kappa shape index (κ3) is 3.46. The number of aliphatic hydroxyl groups excluding tert-OH is 1. The topological polar surface area (TPSA) is 66.3 Å². The van der Waals surface area contributed by atoms with Crippen molar-refractivity contribution >= 4 is 5.91 Å². The van der Waals surface area contributed by atoms with Crippen LogP contribution in [-0.4, -0.2) is 44.6 Å². The Morgan fingerprint density at radius 3 is 2.91 bits per heavy atom. The van der Waals surface area contributed by atoms with Gasteiger partial charge in [0.1, 0.15) is 6.33 Å². The van der Waals surface area contributed by atoms with Crippen molar-refractivity contribution in [3.63, 3.8) is 0 Å². The lowest BCUT2D eigenvalue weighted by molar-refractivity contribution is -0.134. The number of rotatable bonds is 4. The minimum Gasteiger partial charge on any atom is -0.393 e. The summed E-state index contributed by atoms with van der Waals surface area (Å²) in [5.74, 6) is 0.484. The number of amides is 1. The van der Waals surface area contributed by atoms with E-state index in [0.29, 0.717) is 12.8 Å². The van der Waals surface area contributed by atoms with Crippen molar-refractivity contribution in [2.45, 2.75) is 63.5 Å². The highest BCUT2D eigenvalue weighted by Gasteiger charge is 2.38. The molecular weight excluding hydrogens is 278 g/mol. The van der Waals surface area contributed by atoms with Crippen LogP contribution in [0.4, 0.5) is 0 Å². The molecule has 5 nitrogen and oxygen atoms in total. The van der Waals surface area contributed by atoms with Crippen molar-refractivity contribution in [2.75, 3.05) is 6.54 Å². The fourth-order valence-corrected chi connectivity index (χ4v) is 3.98. The van der Waals surface area contributed by atoms with Gasteiger partial charge in [-0.3, -0.25) is 4.79 Å². The number of carbonyl (C=O) groups excluding carboxylic acids is 1. The molecule has 1 saturated carbocycles. The normalized spacial score (nSPS) is 28.8. The summed E-state index contributed by atoms with van der Waals surface area (Å²) in [5.41, 5.74) is 0.914. The van der Waals surface area contributed by atoms with Crippen LogP contribution in [0.25, 0.3) is 0 Å². The van der Waals surface area contributed by atoms with Gasteiger partial charge in [-0.2, -0.15) is 0 Å². The molecule has 22 heavy (non-hydrogen) atoms. The Morgan fingerprint density at radius 2 is 2.14 bits per heavy atom. The van der Waals surface area contributed by atoms with E-state index in [9.17, 15) is 9.90 Å². The van der Waals surface area contributed by atoms with Gasteiger partial charge in [0.05, 0.1) is 6.10 Å². The first-order chi connectivity index (χ1) is 10.8. The number of aromatic nitrogens is 2. The predicted molar refractivity (Wildman–Crippen MR) is 83.1 cm³/mol. The Morgan fingerprint density at radius 1 is 1.27 bits per heavy atom. The van der Waals surface area contributed by atoms with Gasteiger partial charge in [0, 0.05) is 36.8 Å². The maximum Gasteiger partial charge on any atom is 0.223 e. The van der Waals surface area contributed by atoms with Gasteiger partial charge in [0.25, 0.3) is 0 Å². The van der Waals surface area contributed by atoms with Crippen LogP contribution >= 0.6 is 0 Å². The Hall–Kier alpha value is -1.49. The molecule has 3 atom stereocenters. The highest BCUT2D eigenvalue weighted by Crippen LogP contribution is 2.34. The largest absolute Gasteiger partial charge is 0.393 e. The molecule has 3 unspecified atom stereocenters. The molecule has 1 aliphatic carbocycles. The average molecular weight is 303 g/mol. The van der Waals surface area contributed by atoms with E-state index in [0.717, 1.165) is 44.3 Å². The molecule has 2 aliphatic rings.